The number of anilines is 2. The van der Waals surface area contributed by atoms with Gasteiger partial charge in [0, 0.05) is 18.8 Å². The molecule has 0 saturated carbocycles. The van der Waals surface area contributed by atoms with Gasteiger partial charge in [-0.1, -0.05) is 0 Å². The van der Waals surface area contributed by atoms with Gasteiger partial charge >= 0.3 is 6.03 Å². The summed E-state index contributed by atoms with van der Waals surface area (Å²) in [6, 6.07) is 4.08. The van der Waals surface area contributed by atoms with Crippen LogP contribution >= 0.6 is 0 Å². The minimum Gasteiger partial charge on any atom is -0.396 e. The maximum atomic E-state index is 13.1. The van der Waals surface area contributed by atoms with Crippen LogP contribution in [0.2, 0.25) is 0 Å². The number of halogens is 1. The van der Waals surface area contributed by atoms with E-state index in [0.29, 0.717) is 5.69 Å². The molecule has 4 nitrogen and oxygen atoms in total. The van der Waals surface area contributed by atoms with E-state index >= 15 is 0 Å². The van der Waals surface area contributed by atoms with Crippen LogP contribution in [0, 0.1) is 5.82 Å². The van der Waals surface area contributed by atoms with Crippen molar-refractivity contribution in [1.29, 1.82) is 0 Å². The molecule has 1 aromatic rings. The third-order valence-corrected chi connectivity index (χ3v) is 2.64. The average Bonchev–Trinajstić information content (AvgIpc) is 2.77. The molecule has 1 heterocycles. The van der Waals surface area contributed by atoms with Crippen molar-refractivity contribution >= 4 is 17.4 Å². The first-order valence-corrected chi connectivity index (χ1v) is 5.28. The fraction of sp³-hybridized carbons (Fsp3) is 0.364. The van der Waals surface area contributed by atoms with E-state index in [2.05, 4.69) is 5.32 Å². The summed E-state index contributed by atoms with van der Waals surface area (Å²) in [5.41, 5.74) is 5.86. The van der Waals surface area contributed by atoms with E-state index in [4.69, 9.17) is 5.73 Å². The molecule has 0 unspecified atom stereocenters. The van der Waals surface area contributed by atoms with Gasteiger partial charge in [-0.25, -0.2) is 9.18 Å². The topological polar surface area (TPSA) is 58.4 Å². The lowest BCUT2D eigenvalue weighted by molar-refractivity contribution is 0.222. The third-order valence-electron chi connectivity index (χ3n) is 2.64. The maximum absolute atomic E-state index is 13.1. The Morgan fingerprint density at radius 3 is 2.69 bits per heavy atom. The quantitative estimate of drug-likeness (QED) is 0.716. The molecule has 5 heteroatoms. The first-order valence-electron chi connectivity index (χ1n) is 5.28. The van der Waals surface area contributed by atoms with Gasteiger partial charge in [0.05, 0.1) is 5.69 Å². The summed E-state index contributed by atoms with van der Waals surface area (Å²) >= 11 is 0. The molecule has 16 heavy (non-hydrogen) atoms. The summed E-state index contributed by atoms with van der Waals surface area (Å²) in [4.78, 5) is 13.4. The van der Waals surface area contributed by atoms with Gasteiger partial charge < -0.3 is 16.0 Å². The Kier molecular flexibility index (Phi) is 2.94. The van der Waals surface area contributed by atoms with E-state index < -0.39 is 5.82 Å². The number of likely N-dealkylation sites (tertiary alicyclic amines) is 1. The normalized spacial score (nSPS) is 15.2. The second-order valence-corrected chi connectivity index (χ2v) is 3.86. The molecule has 3 N–H and O–H groups in total. The van der Waals surface area contributed by atoms with E-state index in [0.717, 1.165) is 25.9 Å². The second-order valence-electron chi connectivity index (χ2n) is 3.86. The number of nitrogens with zero attached hydrogens (tertiary/aromatic N) is 1. The van der Waals surface area contributed by atoms with Crippen LogP contribution in [0.1, 0.15) is 12.8 Å². The number of urea groups is 1. The molecule has 0 atom stereocenters. The molecule has 0 aromatic heterocycles. The molecule has 2 rings (SSSR count). The van der Waals surface area contributed by atoms with Crippen molar-refractivity contribution in [3.8, 4) is 0 Å². The number of rotatable bonds is 1. The van der Waals surface area contributed by atoms with Crippen LogP contribution in [-0.2, 0) is 0 Å². The Labute approximate surface area is 93.2 Å². The fourth-order valence-electron chi connectivity index (χ4n) is 1.73. The highest BCUT2D eigenvalue weighted by atomic mass is 19.1. The van der Waals surface area contributed by atoms with Gasteiger partial charge in [-0.05, 0) is 31.0 Å². The van der Waals surface area contributed by atoms with E-state index in [9.17, 15) is 9.18 Å². The number of benzene rings is 1. The number of hydrogen-bond acceptors (Lipinski definition) is 2. The van der Waals surface area contributed by atoms with Crippen LogP contribution in [0.4, 0.5) is 20.6 Å². The van der Waals surface area contributed by atoms with Crippen molar-refractivity contribution in [2.24, 2.45) is 0 Å². The number of amides is 2. The van der Waals surface area contributed by atoms with Gasteiger partial charge in [0.15, 0.2) is 0 Å². The zero-order valence-electron chi connectivity index (χ0n) is 8.87. The summed E-state index contributed by atoms with van der Waals surface area (Å²) in [5.74, 6) is -0.515. The molecular weight excluding hydrogens is 209 g/mol. The minimum absolute atomic E-state index is 0.0826. The summed E-state index contributed by atoms with van der Waals surface area (Å²) < 4.78 is 13.1. The minimum atomic E-state index is -0.515. The van der Waals surface area contributed by atoms with Crippen LogP contribution in [0.15, 0.2) is 18.2 Å². The highest BCUT2D eigenvalue weighted by Crippen LogP contribution is 2.17. The number of carbonyl (C=O) groups excluding carboxylic acids is 1. The Morgan fingerprint density at radius 1 is 1.38 bits per heavy atom. The lowest BCUT2D eigenvalue weighted by Gasteiger charge is -2.16. The maximum Gasteiger partial charge on any atom is 0.321 e. The molecule has 1 aliphatic rings. The number of nitrogen functional groups attached to an aromatic ring is 1. The van der Waals surface area contributed by atoms with Crippen molar-refractivity contribution in [3.63, 3.8) is 0 Å². The zero-order chi connectivity index (χ0) is 11.5. The smallest absolute Gasteiger partial charge is 0.321 e. The average molecular weight is 223 g/mol. The predicted octanol–water partition coefficient (Wildman–Crippen LogP) is 2.04. The Hall–Kier alpha value is -1.78. The summed E-state index contributed by atoms with van der Waals surface area (Å²) in [7, 11) is 0. The van der Waals surface area contributed by atoms with Crippen molar-refractivity contribution in [3.05, 3.63) is 24.0 Å². The molecule has 1 fully saturated rings. The highest BCUT2D eigenvalue weighted by Gasteiger charge is 2.17. The first kappa shape index (κ1) is 10.7. The number of hydrogen-bond donors (Lipinski definition) is 2. The van der Waals surface area contributed by atoms with Crippen molar-refractivity contribution in [1.82, 2.24) is 4.90 Å². The van der Waals surface area contributed by atoms with E-state index in [1.165, 1.54) is 12.1 Å². The second kappa shape index (κ2) is 4.38. The van der Waals surface area contributed by atoms with Crippen LogP contribution < -0.4 is 11.1 Å². The summed E-state index contributed by atoms with van der Waals surface area (Å²) in [6.07, 6.45) is 2.06. The molecule has 1 aromatic carbocycles. The van der Waals surface area contributed by atoms with Crippen molar-refractivity contribution in [2.45, 2.75) is 12.8 Å². The summed E-state index contributed by atoms with van der Waals surface area (Å²) in [5, 5.41) is 2.64. The molecule has 0 radical (unpaired) electrons. The molecule has 1 aliphatic heterocycles. The Balaban J connectivity index is 2.02. The van der Waals surface area contributed by atoms with Gasteiger partial charge in [-0.3, -0.25) is 0 Å². The largest absolute Gasteiger partial charge is 0.396 e. The third kappa shape index (κ3) is 2.24. The zero-order valence-corrected chi connectivity index (χ0v) is 8.87. The van der Waals surface area contributed by atoms with Gasteiger partial charge in [-0.15, -0.1) is 0 Å². The Bertz CT molecular complexity index is 402. The summed E-state index contributed by atoms with van der Waals surface area (Å²) in [6.45, 7) is 1.53. The van der Waals surface area contributed by atoms with Crippen LogP contribution in [0.5, 0.6) is 0 Å². The van der Waals surface area contributed by atoms with E-state index in [1.807, 2.05) is 0 Å². The first-order chi connectivity index (χ1) is 7.66. The SMILES string of the molecule is Nc1ccc(NC(=O)N2CCCC2)cc1F. The Morgan fingerprint density at radius 2 is 2.06 bits per heavy atom. The molecular formula is C11H14FN3O. The van der Waals surface area contributed by atoms with Gasteiger partial charge in [0.1, 0.15) is 5.82 Å². The molecule has 0 bridgehead atoms. The molecule has 2 amide bonds. The van der Waals surface area contributed by atoms with Crippen LogP contribution in [0.25, 0.3) is 0 Å². The number of nitrogens with one attached hydrogen (secondary N) is 1. The number of carbonyl (C=O) groups is 1. The van der Waals surface area contributed by atoms with Crippen molar-refractivity contribution < 1.29 is 9.18 Å². The van der Waals surface area contributed by atoms with Gasteiger partial charge in [-0.2, -0.15) is 0 Å². The predicted molar refractivity (Wildman–Crippen MR) is 60.6 cm³/mol. The molecule has 1 saturated heterocycles. The number of nitrogens with two attached hydrogens (primary N) is 1. The lowest BCUT2D eigenvalue weighted by atomic mass is 10.3. The van der Waals surface area contributed by atoms with Crippen LogP contribution in [0.3, 0.4) is 0 Å². The monoisotopic (exact) mass is 223 g/mol. The van der Waals surface area contributed by atoms with Crippen molar-refractivity contribution in [2.75, 3.05) is 24.1 Å². The fourth-order valence-corrected chi connectivity index (χ4v) is 1.73. The van der Waals surface area contributed by atoms with Gasteiger partial charge in [0.25, 0.3) is 0 Å². The standard InChI is InChI=1S/C11H14FN3O/c12-9-7-8(3-4-10(9)13)14-11(16)15-5-1-2-6-15/h3-4,7H,1-2,5-6,13H2,(H,14,16). The van der Waals surface area contributed by atoms with Crippen LogP contribution in [-0.4, -0.2) is 24.0 Å². The molecule has 0 aliphatic carbocycles. The molecule has 0 spiro atoms. The van der Waals surface area contributed by atoms with Gasteiger partial charge in [0.2, 0.25) is 0 Å². The molecule has 86 valence electrons. The highest BCUT2D eigenvalue weighted by molar-refractivity contribution is 5.89. The lowest BCUT2D eigenvalue weighted by Crippen LogP contribution is -2.32. The van der Waals surface area contributed by atoms with E-state index in [-0.39, 0.29) is 11.7 Å². The van der Waals surface area contributed by atoms with E-state index in [1.54, 1.807) is 11.0 Å².